The number of amides is 1. The molecule has 2 bridgehead atoms. The van der Waals surface area contributed by atoms with E-state index in [1.165, 1.54) is 32.4 Å². The molecule has 4 fully saturated rings. The lowest BCUT2D eigenvalue weighted by Crippen LogP contribution is -2.57. The van der Waals surface area contributed by atoms with Crippen molar-refractivity contribution in [2.75, 3.05) is 19.6 Å². The molecule has 150 valence electrons. The number of pyridine rings is 1. The minimum absolute atomic E-state index is 0.0468. The number of benzene rings is 1. The predicted octanol–water partition coefficient (Wildman–Crippen LogP) is 3.85. The smallest absolute Gasteiger partial charge is 0.253 e. The summed E-state index contributed by atoms with van der Waals surface area (Å²) in [7, 11) is 0. The fraction of sp³-hybridized carbons (Fsp3) is 0.458. The maximum Gasteiger partial charge on any atom is 0.253 e. The molecule has 7 rings (SSSR count). The normalized spacial score (nSPS) is 26.6. The van der Waals surface area contributed by atoms with Gasteiger partial charge < -0.3 is 19.4 Å². The van der Waals surface area contributed by atoms with Crippen molar-refractivity contribution in [2.24, 2.45) is 5.92 Å². The van der Waals surface area contributed by atoms with Crippen LogP contribution in [0.1, 0.15) is 42.5 Å². The molecule has 0 spiro atoms. The summed E-state index contributed by atoms with van der Waals surface area (Å²) in [5.74, 6) is 1.62. The molecule has 1 N–H and O–H groups in total. The van der Waals surface area contributed by atoms with Gasteiger partial charge in [-0.3, -0.25) is 4.79 Å². The van der Waals surface area contributed by atoms with Crippen LogP contribution >= 0.6 is 0 Å². The van der Waals surface area contributed by atoms with E-state index in [-0.39, 0.29) is 11.9 Å². The molecule has 3 aliphatic heterocycles. The fourth-order valence-corrected chi connectivity index (χ4v) is 5.14. The first-order valence-electron chi connectivity index (χ1n) is 11.0. The number of hydrogen-bond donors (Lipinski definition) is 1. The number of aromatic nitrogens is 1. The van der Waals surface area contributed by atoms with Crippen molar-refractivity contribution in [3.8, 4) is 5.75 Å². The van der Waals surface area contributed by atoms with Gasteiger partial charge in [0.2, 0.25) is 0 Å². The average Bonchev–Trinajstić information content (AvgIpc) is 3.16. The van der Waals surface area contributed by atoms with Gasteiger partial charge in [-0.05, 0) is 81.4 Å². The van der Waals surface area contributed by atoms with E-state index in [1.807, 2.05) is 18.3 Å². The van der Waals surface area contributed by atoms with Crippen molar-refractivity contribution in [1.29, 1.82) is 0 Å². The summed E-state index contributed by atoms with van der Waals surface area (Å²) in [6.45, 7) is 3.37. The average molecular weight is 389 g/mol. The van der Waals surface area contributed by atoms with Gasteiger partial charge in [0.1, 0.15) is 5.75 Å². The molecule has 1 saturated carbocycles. The summed E-state index contributed by atoms with van der Waals surface area (Å²) in [6, 6.07) is 12.7. The molecule has 5 heteroatoms. The third-order valence-corrected chi connectivity index (χ3v) is 7.13. The number of piperidine rings is 3. The highest BCUT2D eigenvalue weighted by Crippen LogP contribution is 2.30. The first kappa shape index (κ1) is 17.3. The lowest BCUT2D eigenvalue weighted by Gasteiger charge is -2.44. The van der Waals surface area contributed by atoms with Gasteiger partial charge in [-0.2, -0.15) is 0 Å². The highest BCUT2D eigenvalue weighted by atomic mass is 16.5. The Morgan fingerprint density at radius 2 is 1.90 bits per heavy atom. The van der Waals surface area contributed by atoms with Gasteiger partial charge >= 0.3 is 0 Å². The Balaban J connectivity index is 1.26. The van der Waals surface area contributed by atoms with E-state index in [4.69, 9.17) is 4.74 Å². The second-order valence-electron chi connectivity index (χ2n) is 8.97. The number of nitrogens with zero attached hydrogens (tertiary/aromatic N) is 2. The molecule has 3 aromatic rings. The topological polar surface area (TPSA) is 46.0 Å². The number of rotatable bonds is 4. The largest absolute Gasteiger partial charge is 0.490 e. The van der Waals surface area contributed by atoms with E-state index < -0.39 is 0 Å². The van der Waals surface area contributed by atoms with Gasteiger partial charge in [-0.1, -0.05) is 6.07 Å². The molecule has 1 amide bonds. The molecule has 5 heterocycles. The standard InChI is InChI=1S/C24H27N3O2/c28-24(25-22-15-26-10-8-16(22)9-11-26)18-12-19-5-4-17-13-21(29-20-2-1-3-20)6-7-23(17)27(19)14-18/h4-7,12-14,16,20,22H,1-3,8-11,15H2,(H,25,28)/t22-/m0/s1. The van der Waals surface area contributed by atoms with Gasteiger partial charge in [0.25, 0.3) is 5.91 Å². The van der Waals surface area contributed by atoms with E-state index in [9.17, 15) is 4.79 Å². The van der Waals surface area contributed by atoms with E-state index >= 15 is 0 Å². The fourth-order valence-electron chi connectivity index (χ4n) is 5.14. The Bertz CT molecular complexity index is 1080. The van der Waals surface area contributed by atoms with Crippen molar-refractivity contribution >= 4 is 22.3 Å². The summed E-state index contributed by atoms with van der Waals surface area (Å²) in [4.78, 5) is 15.4. The third-order valence-electron chi connectivity index (χ3n) is 7.13. The van der Waals surface area contributed by atoms with E-state index in [2.05, 4.69) is 38.9 Å². The quantitative estimate of drug-likeness (QED) is 0.737. The van der Waals surface area contributed by atoms with Crippen LogP contribution in [-0.2, 0) is 0 Å². The summed E-state index contributed by atoms with van der Waals surface area (Å²) in [5, 5.41) is 4.44. The lowest BCUT2D eigenvalue weighted by molar-refractivity contribution is 0.0620. The van der Waals surface area contributed by atoms with E-state index in [0.717, 1.165) is 47.1 Å². The zero-order chi connectivity index (χ0) is 19.4. The van der Waals surface area contributed by atoms with Gasteiger partial charge in [-0.25, -0.2) is 0 Å². The monoisotopic (exact) mass is 389 g/mol. The Hall–Kier alpha value is -2.53. The van der Waals surface area contributed by atoms with Gasteiger partial charge in [0.15, 0.2) is 0 Å². The Kier molecular flexibility index (Phi) is 4.05. The molecule has 0 unspecified atom stereocenters. The van der Waals surface area contributed by atoms with Crippen LogP contribution in [0.3, 0.4) is 0 Å². The minimum Gasteiger partial charge on any atom is -0.490 e. The van der Waals surface area contributed by atoms with Gasteiger partial charge in [0.05, 0.1) is 17.2 Å². The Morgan fingerprint density at radius 3 is 2.62 bits per heavy atom. The number of carbonyl (C=O) groups is 1. The summed E-state index contributed by atoms with van der Waals surface area (Å²) in [6.07, 6.45) is 8.36. The molecule has 5 nitrogen and oxygen atoms in total. The third kappa shape index (κ3) is 3.08. The summed E-state index contributed by atoms with van der Waals surface area (Å²) < 4.78 is 8.16. The van der Waals surface area contributed by atoms with Crippen LogP contribution in [0.2, 0.25) is 0 Å². The van der Waals surface area contributed by atoms with Crippen molar-refractivity contribution in [2.45, 2.75) is 44.2 Å². The molecular formula is C24H27N3O2. The summed E-state index contributed by atoms with van der Waals surface area (Å²) >= 11 is 0. The molecule has 1 atom stereocenters. The van der Waals surface area contributed by atoms with Crippen LogP contribution < -0.4 is 10.1 Å². The van der Waals surface area contributed by atoms with Crippen LogP contribution in [-0.4, -0.2) is 47.0 Å². The minimum atomic E-state index is 0.0468. The van der Waals surface area contributed by atoms with Crippen molar-refractivity contribution < 1.29 is 9.53 Å². The van der Waals surface area contributed by atoms with Crippen LogP contribution in [0.5, 0.6) is 5.75 Å². The van der Waals surface area contributed by atoms with Crippen molar-refractivity contribution in [3.63, 3.8) is 0 Å². The molecule has 3 saturated heterocycles. The summed E-state index contributed by atoms with van der Waals surface area (Å²) in [5.41, 5.74) is 2.89. The van der Waals surface area contributed by atoms with E-state index in [1.54, 1.807) is 0 Å². The SMILES string of the molecule is O=C(N[C@H]1CN2CCC1CC2)c1cc2ccc3cc(OC4CCC4)ccc3n2c1. The number of carbonyl (C=O) groups excluding carboxylic acids is 1. The molecule has 1 aromatic carbocycles. The zero-order valence-corrected chi connectivity index (χ0v) is 16.6. The second kappa shape index (κ2) is 6.77. The first-order valence-corrected chi connectivity index (χ1v) is 11.0. The molecule has 0 radical (unpaired) electrons. The predicted molar refractivity (Wildman–Crippen MR) is 114 cm³/mol. The van der Waals surface area contributed by atoms with Gasteiger partial charge in [-0.15, -0.1) is 0 Å². The second-order valence-corrected chi connectivity index (χ2v) is 8.97. The highest BCUT2D eigenvalue weighted by molar-refractivity contribution is 5.97. The van der Waals surface area contributed by atoms with Crippen molar-refractivity contribution in [1.82, 2.24) is 14.6 Å². The molecule has 4 aliphatic rings. The number of hydrogen-bond acceptors (Lipinski definition) is 3. The number of ether oxygens (including phenoxy) is 1. The maximum atomic E-state index is 12.9. The van der Waals surface area contributed by atoms with Crippen LogP contribution in [0.4, 0.5) is 0 Å². The highest BCUT2D eigenvalue weighted by Gasteiger charge is 2.35. The first-order chi connectivity index (χ1) is 14.2. The molecule has 29 heavy (non-hydrogen) atoms. The van der Waals surface area contributed by atoms with Gasteiger partial charge in [0, 0.05) is 29.7 Å². The molecular weight excluding hydrogens is 362 g/mol. The molecule has 1 aliphatic carbocycles. The molecule has 2 aromatic heterocycles. The number of nitrogens with one attached hydrogen (secondary N) is 1. The van der Waals surface area contributed by atoms with Crippen molar-refractivity contribution in [3.05, 3.63) is 48.2 Å². The lowest BCUT2D eigenvalue weighted by atomic mass is 9.84. The Morgan fingerprint density at radius 1 is 1.03 bits per heavy atom. The van der Waals surface area contributed by atoms with Crippen LogP contribution in [0.15, 0.2) is 42.6 Å². The zero-order valence-electron chi connectivity index (χ0n) is 16.6. The van der Waals surface area contributed by atoms with E-state index in [0.29, 0.717) is 12.0 Å². The maximum absolute atomic E-state index is 12.9. The Labute approximate surface area is 170 Å². The van der Waals surface area contributed by atoms with Crippen LogP contribution in [0.25, 0.3) is 16.4 Å². The van der Waals surface area contributed by atoms with Crippen LogP contribution in [0, 0.1) is 5.92 Å². The number of fused-ring (bicyclic) bond motifs is 6.